The summed E-state index contributed by atoms with van der Waals surface area (Å²) in [5, 5.41) is 9.17. The number of carbonyl (C=O) groups excluding carboxylic acids is 2. The Bertz CT molecular complexity index is 762. The first-order valence-corrected chi connectivity index (χ1v) is 9.18. The Balaban J connectivity index is 0.00000280. The van der Waals surface area contributed by atoms with Crippen molar-refractivity contribution < 1.29 is 14.3 Å². The van der Waals surface area contributed by atoms with Crippen molar-refractivity contribution >= 4 is 24.2 Å². The largest absolute Gasteiger partial charge is 0.497 e. The molecule has 1 aliphatic rings. The molecule has 2 unspecified atom stereocenters. The van der Waals surface area contributed by atoms with Gasteiger partial charge in [0.2, 0.25) is 5.91 Å². The zero-order chi connectivity index (χ0) is 19.1. The first kappa shape index (κ1) is 21.7. The second-order valence-electron chi connectivity index (χ2n) is 6.58. The molecule has 0 aromatic heterocycles. The van der Waals surface area contributed by atoms with E-state index in [4.69, 9.17) is 4.74 Å². The highest BCUT2D eigenvalue weighted by molar-refractivity contribution is 5.98. The normalized spacial score (nSPS) is 16.5. The van der Waals surface area contributed by atoms with Crippen LogP contribution >= 0.6 is 12.4 Å². The highest BCUT2D eigenvalue weighted by atomic mass is 35.5. The highest BCUT2D eigenvalue weighted by Gasteiger charge is 2.24. The van der Waals surface area contributed by atoms with Gasteiger partial charge in [0.15, 0.2) is 0 Å². The molecule has 7 heteroatoms. The maximum atomic E-state index is 12.8. The molecule has 150 valence electrons. The molecule has 2 amide bonds. The second-order valence-corrected chi connectivity index (χ2v) is 6.58. The molecule has 0 spiro atoms. The van der Waals surface area contributed by atoms with E-state index in [2.05, 4.69) is 16.0 Å². The van der Waals surface area contributed by atoms with Crippen LogP contribution in [0, 0.1) is 0 Å². The molecular weight excluding hydrogens is 378 g/mol. The van der Waals surface area contributed by atoms with Crippen LogP contribution < -0.4 is 20.7 Å². The van der Waals surface area contributed by atoms with Crippen LogP contribution in [0.5, 0.6) is 5.75 Å². The molecular formula is C21H26ClN3O3. The number of halogens is 1. The minimum absolute atomic E-state index is 0. The van der Waals surface area contributed by atoms with E-state index in [9.17, 15) is 9.59 Å². The van der Waals surface area contributed by atoms with Gasteiger partial charge in [-0.1, -0.05) is 30.3 Å². The molecule has 6 nitrogen and oxygen atoms in total. The predicted octanol–water partition coefficient (Wildman–Crippen LogP) is 2.46. The fourth-order valence-corrected chi connectivity index (χ4v) is 3.16. The molecule has 0 aliphatic carbocycles. The van der Waals surface area contributed by atoms with Crippen molar-refractivity contribution in [1.82, 2.24) is 16.0 Å². The molecule has 1 saturated heterocycles. The van der Waals surface area contributed by atoms with E-state index in [1.54, 1.807) is 31.4 Å². The maximum absolute atomic E-state index is 12.8. The zero-order valence-electron chi connectivity index (χ0n) is 15.8. The summed E-state index contributed by atoms with van der Waals surface area (Å²) >= 11 is 0. The van der Waals surface area contributed by atoms with Gasteiger partial charge in [-0.2, -0.15) is 0 Å². The SMILES string of the molecule is COc1ccc(C(=O)NC(C(=O)NCC2CCCN2)c2ccccc2)cc1.Cl. The average molecular weight is 404 g/mol. The maximum Gasteiger partial charge on any atom is 0.252 e. The molecule has 3 N–H and O–H groups in total. The third-order valence-corrected chi connectivity index (χ3v) is 4.71. The van der Waals surface area contributed by atoms with Crippen LogP contribution in [0.25, 0.3) is 0 Å². The summed E-state index contributed by atoms with van der Waals surface area (Å²) in [4.78, 5) is 25.4. The summed E-state index contributed by atoms with van der Waals surface area (Å²) in [5.41, 5.74) is 1.22. The van der Waals surface area contributed by atoms with Crippen LogP contribution in [-0.2, 0) is 4.79 Å². The van der Waals surface area contributed by atoms with Crippen LogP contribution in [0.1, 0.15) is 34.8 Å². The minimum atomic E-state index is -0.748. The molecule has 2 aromatic rings. The molecule has 2 atom stereocenters. The fourth-order valence-electron chi connectivity index (χ4n) is 3.16. The predicted molar refractivity (Wildman–Crippen MR) is 111 cm³/mol. The molecule has 0 saturated carbocycles. The molecule has 3 rings (SSSR count). The summed E-state index contributed by atoms with van der Waals surface area (Å²) in [5.74, 6) is 0.158. The van der Waals surface area contributed by atoms with Gasteiger partial charge in [-0.25, -0.2) is 0 Å². The Morgan fingerprint density at radius 3 is 2.46 bits per heavy atom. The van der Waals surface area contributed by atoms with Crippen LogP contribution in [-0.4, -0.2) is 38.1 Å². The summed E-state index contributed by atoms with van der Waals surface area (Å²) in [6, 6.07) is 15.6. The van der Waals surface area contributed by atoms with Gasteiger partial charge in [0.05, 0.1) is 7.11 Å². The summed E-state index contributed by atoms with van der Waals surface area (Å²) < 4.78 is 5.12. The van der Waals surface area contributed by atoms with Gasteiger partial charge >= 0.3 is 0 Å². The summed E-state index contributed by atoms with van der Waals surface area (Å²) in [6.07, 6.45) is 2.17. The van der Waals surface area contributed by atoms with Gasteiger partial charge in [0.25, 0.3) is 5.91 Å². The Morgan fingerprint density at radius 1 is 1.14 bits per heavy atom. The molecule has 0 radical (unpaired) electrons. The zero-order valence-corrected chi connectivity index (χ0v) is 16.6. The third-order valence-electron chi connectivity index (χ3n) is 4.71. The number of amides is 2. The lowest BCUT2D eigenvalue weighted by molar-refractivity contribution is -0.123. The first-order valence-electron chi connectivity index (χ1n) is 9.18. The minimum Gasteiger partial charge on any atom is -0.497 e. The number of nitrogens with one attached hydrogen (secondary N) is 3. The smallest absolute Gasteiger partial charge is 0.252 e. The average Bonchev–Trinajstić information content (AvgIpc) is 3.24. The van der Waals surface area contributed by atoms with Crippen LogP contribution in [0.2, 0.25) is 0 Å². The third kappa shape index (κ3) is 5.71. The van der Waals surface area contributed by atoms with Crippen molar-refractivity contribution in [2.75, 3.05) is 20.2 Å². The first-order chi connectivity index (χ1) is 13.2. The highest BCUT2D eigenvalue weighted by Crippen LogP contribution is 2.16. The van der Waals surface area contributed by atoms with E-state index < -0.39 is 6.04 Å². The Morgan fingerprint density at radius 2 is 1.86 bits per heavy atom. The van der Waals surface area contributed by atoms with E-state index in [1.165, 1.54) is 0 Å². The van der Waals surface area contributed by atoms with E-state index >= 15 is 0 Å². The van der Waals surface area contributed by atoms with Crippen molar-refractivity contribution in [1.29, 1.82) is 0 Å². The van der Waals surface area contributed by atoms with Crippen LogP contribution in [0.15, 0.2) is 54.6 Å². The molecule has 1 fully saturated rings. The van der Waals surface area contributed by atoms with E-state index in [0.717, 1.165) is 24.9 Å². The molecule has 2 aromatic carbocycles. The van der Waals surface area contributed by atoms with E-state index in [-0.39, 0.29) is 24.2 Å². The number of hydrogen-bond donors (Lipinski definition) is 3. The summed E-state index contributed by atoms with van der Waals surface area (Å²) in [7, 11) is 1.57. The molecule has 1 aliphatic heterocycles. The van der Waals surface area contributed by atoms with Crippen molar-refractivity contribution in [3.05, 3.63) is 65.7 Å². The van der Waals surface area contributed by atoms with Crippen molar-refractivity contribution in [2.45, 2.75) is 24.9 Å². The van der Waals surface area contributed by atoms with Crippen molar-refractivity contribution in [3.8, 4) is 5.75 Å². The van der Waals surface area contributed by atoms with Gasteiger partial charge in [-0.05, 0) is 49.2 Å². The number of methoxy groups -OCH3 is 1. The lowest BCUT2D eigenvalue weighted by atomic mass is 10.0. The van der Waals surface area contributed by atoms with Gasteiger partial charge in [-0.3, -0.25) is 9.59 Å². The Hall–Kier alpha value is -2.57. The Labute approximate surface area is 171 Å². The van der Waals surface area contributed by atoms with E-state index in [0.29, 0.717) is 23.9 Å². The number of carbonyl (C=O) groups is 2. The van der Waals surface area contributed by atoms with E-state index in [1.807, 2.05) is 30.3 Å². The molecule has 0 bridgehead atoms. The van der Waals surface area contributed by atoms with Gasteiger partial charge < -0.3 is 20.7 Å². The number of hydrogen-bond acceptors (Lipinski definition) is 4. The van der Waals surface area contributed by atoms with Crippen molar-refractivity contribution in [2.24, 2.45) is 0 Å². The van der Waals surface area contributed by atoms with Crippen molar-refractivity contribution in [3.63, 3.8) is 0 Å². The van der Waals surface area contributed by atoms with Crippen LogP contribution in [0.4, 0.5) is 0 Å². The number of ether oxygens (including phenoxy) is 1. The summed E-state index contributed by atoms with van der Waals surface area (Å²) in [6.45, 7) is 1.54. The lowest BCUT2D eigenvalue weighted by Crippen LogP contribution is -2.44. The standard InChI is InChI=1S/C21H25N3O3.ClH/c1-27-18-11-9-16(10-12-18)20(25)24-19(15-6-3-2-4-7-15)21(26)23-14-17-8-5-13-22-17;/h2-4,6-7,9-12,17,19,22H,5,8,13-14H2,1H3,(H,23,26)(H,24,25);1H. The number of benzene rings is 2. The second kappa shape index (κ2) is 10.7. The van der Waals surface area contributed by atoms with Gasteiger partial charge in [0, 0.05) is 18.2 Å². The molecule has 28 heavy (non-hydrogen) atoms. The van der Waals surface area contributed by atoms with Gasteiger partial charge in [-0.15, -0.1) is 12.4 Å². The lowest BCUT2D eigenvalue weighted by Gasteiger charge is -2.20. The molecule has 1 heterocycles. The quantitative estimate of drug-likeness (QED) is 0.663. The van der Waals surface area contributed by atoms with Gasteiger partial charge in [0.1, 0.15) is 11.8 Å². The van der Waals surface area contributed by atoms with Crippen LogP contribution in [0.3, 0.4) is 0 Å². The Kier molecular flexibility index (Phi) is 8.29. The topological polar surface area (TPSA) is 79.5 Å². The fraction of sp³-hybridized carbons (Fsp3) is 0.333. The monoisotopic (exact) mass is 403 g/mol. The number of rotatable bonds is 7.